The van der Waals surface area contributed by atoms with Gasteiger partial charge in [0.2, 0.25) is 17.7 Å². The van der Waals surface area contributed by atoms with Gasteiger partial charge in [-0.1, -0.05) is 51.1 Å². The van der Waals surface area contributed by atoms with E-state index in [1.165, 1.54) is 34.2 Å². The second kappa shape index (κ2) is 26.0. The summed E-state index contributed by atoms with van der Waals surface area (Å²) in [6.45, 7) is 11.6. The van der Waals surface area contributed by atoms with Crippen molar-refractivity contribution in [1.29, 1.82) is 5.26 Å². The Kier molecular flexibility index (Phi) is 18.7. The van der Waals surface area contributed by atoms with Crippen LogP contribution in [0, 0.1) is 22.6 Å². The molecule has 3 aliphatic heterocycles. The summed E-state index contributed by atoms with van der Waals surface area (Å²) in [6.07, 6.45) is 6.62. The molecule has 4 aliphatic rings. The number of halogens is 1. The molecular weight excluding hydrogens is 1030 g/mol. The van der Waals surface area contributed by atoms with E-state index in [0.717, 1.165) is 36.8 Å². The summed E-state index contributed by atoms with van der Waals surface area (Å²) >= 11 is 0. The molecule has 0 unspecified atom stereocenters. The first-order valence-corrected chi connectivity index (χ1v) is 28.3. The van der Waals surface area contributed by atoms with Crippen molar-refractivity contribution in [1.82, 2.24) is 45.8 Å². The van der Waals surface area contributed by atoms with Crippen LogP contribution < -0.4 is 36.6 Å². The Hall–Kier alpha value is -7.44. The topological polar surface area (TPSA) is 234 Å². The quantitative estimate of drug-likeness (QED) is 0.0551. The summed E-state index contributed by atoms with van der Waals surface area (Å²) in [7, 11) is 3.43. The van der Waals surface area contributed by atoms with Crippen LogP contribution >= 0.6 is 0 Å². The van der Waals surface area contributed by atoms with Gasteiger partial charge in [0.05, 0.1) is 75.1 Å². The van der Waals surface area contributed by atoms with Crippen LogP contribution in [0.2, 0.25) is 0 Å². The Bertz CT molecular complexity index is 3140. The number of hydrogen-bond acceptors (Lipinski definition) is 14. The van der Waals surface area contributed by atoms with E-state index in [9.17, 15) is 28.8 Å². The number of carbonyl (C=O) groups is 4. The summed E-state index contributed by atoms with van der Waals surface area (Å²) in [5.41, 5.74) is 14.2. The number of fused-ring (bicyclic) bond motifs is 10. The number of nitrogens with one attached hydrogen (secondary N) is 4. The molecule has 1 fully saturated rings. The van der Waals surface area contributed by atoms with Crippen LogP contribution in [-0.2, 0) is 56.3 Å². The van der Waals surface area contributed by atoms with E-state index in [1.54, 1.807) is 25.0 Å². The summed E-state index contributed by atoms with van der Waals surface area (Å²) in [4.78, 5) is 65.1. The van der Waals surface area contributed by atoms with E-state index in [-0.39, 0.29) is 104 Å². The van der Waals surface area contributed by atoms with Crippen LogP contribution in [0.1, 0.15) is 121 Å². The molecule has 19 nitrogen and oxygen atoms in total. The Morgan fingerprint density at radius 3 is 2.52 bits per heavy atom. The molecule has 1 aliphatic carbocycles. The molecule has 9 rings (SSSR count). The summed E-state index contributed by atoms with van der Waals surface area (Å²) in [5.74, 6) is -0.111. The highest BCUT2D eigenvalue weighted by atomic mass is 19.1. The number of carbonyl (C=O) groups excluding carboxylic acids is 4. The van der Waals surface area contributed by atoms with Gasteiger partial charge in [0.25, 0.3) is 5.91 Å². The predicted molar refractivity (Wildman–Crippen MR) is 305 cm³/mol. The van der Waals surface area contributed by atoms with Gasteiger partial charge in [-0.15, -0.1) is 0 Å². The molecule has 2 aromatic heterocycles. The van der Waals surface area contributed by atoms with Gasteiger partial charge in [-0.05, 0) is 122 Å². The molecule has 5 atom stereocenters. The van der Waals surface area contributed by atoms with E-state index in [0.29, 0.717) is 91.7 Å². The van der Waals surface area contributed by atoms with Crippen molar-refractivity contribution in [2.75, 3.05) is 77.4 Å². The number of rotatable bonds is 20. The zero-order valence-corrected chi connectivity index (χ0v) is 47.5. The second-order valence-electron chi connectivity index (χ2n) is 22.7. The largest absolute Gasteiger partial charge is 0.491 e. The van der Waals surface area contributed by atoms with E-state index in [2.05, 4.69) is 86.2 Å². The van der Waals surface area contributed by atoms with Gasteiger partial charge in [-0.25, -0.2) is 9.37 Å². The lowest BCUT2D eigenvalue weighted by molar-refractivity contribution is -0.128. The number of nitriles is 1. The molecule has 6 N–H and O–H groups in total. The van der Waals surface area contributed by atoms with Crippen molar-refractivity contribution in [2.45, 2.75) is 122 Å². The maximum absolute atomic E-state index is 14.8. The lowest BCUT2D eigenvalue weighted by Gasteiger charge is -2.42. The van der Waals surface area contributed by atoms with Crippen molar-refractivity contribution in [3.8, 4) is 22.9 Å². The number of nitrogens with two attached hydrogens (primary N) is 1. The third-order valence-corrected chi connectivity index (χ3v) is 16.2. The van der Waals surface area contributed by atoms with Crippen molar-refractivity contribution < 1.29 is 37.8 Å². The van der Waals surface area contributed by atoms with Crippen LogP contribution in [0.15, 0.2) is 72.9 Å². The minimum atomic E-state index is -0.439. The van der Waals surface area contributed by atoms with Crippen molar-refractivity contribution in [3.63, 3.8) is 0 Å². The fourth-order valence-corrected chi connectivity index (χ4v) is 11.6. The number of likely N-dealkylation sites (N-methyl/N-ethyl adjacent to an activating group) is 1. The first kappa shape index (κ1) is 58.2. The molecule has 81 heavy (non-hydrogen) atoms. The molecule has 5 heterocycles. The molecule has 0 radical (unpaired) electrons. The molecule has 20 heteroatoms. The summed E-state index contributed by atoms with van der Waals surface area (Å²) in [5, 5.41) is 27.6. The zero-order chi connectivity index (χ0) is 57.4. The molecule has 3 aromatic carbocycles. The fourth-order valence-electron chi connectivity index (χ4n) is 11.6. The van der Waals surface area contributed by atoms with Gasteiger partial charge in [0.1, 0.15) is 30.1 Å². The van der Waals surface area contributed by atoms with Gasteiger partial charge >= 0.3 is 0 Å². The number of benzene rings is 3. The smallest absolute Gasteiger partial charge is 0.254 e. The molecule has 0 saturated carbocycles. The highest BCUT2D eigenvalue weighted by molar-refractivity contribution is 5.96. The normalized spacial score (nSPS) is 18.6. The molecular formula is C61H77FN12O7. The maximum atomic E-state index is 14.8. The number of ether oxygens (including phenoxy) is 3. The zero-order valence-electron chi connectivity index (χ0n) is 47.5. The number of aromatic nitrogens is 3. The van der Waals surface area contributed by atoms with Crippen molar-refractivity contribution in [3.05, 3.63) is 124 Å². The molecule has 4 amide bonds. The van der Waals surface area contributed by atoms with Crippen LogP contribution in [-0.4, -0.2) is 133 Å². The second-order valence-corrected chi connectivity index (χ2v) is 22.7. The number of aryl methyl sites for hydroxylation is 1. The van der Waals surface area contributed by atoms with Crippen molar-refractivity contribution >= 4 is 35.1 Å². The minimum Gasteiger partial charge on any atom is -0.491 e. The lowest BCUT2D eigenvalue weighted by Crippen LogP contribution is -2.59. The minimum absolute atomic E-state index is 0.0140. The predicted octanol–water partition coefficient (Wildman–Crippen LogP) is 6.14. The van der Waals surface area contributed by atoms with Gasteiger partial charge in [-0.2, -0.15) is 10.4 Å². The Morgan fingerprint density at radius 1 is 0.938 bits per heavy atom. The number of amides is 4. The number of nitrogens with zero attached hydrogens (tertiary/aromatic N) is 7. The van der Waals surface area contributed by atoms with E-state index in [4.69, 9.17) is 19.9 Å². The highest BCUT2D eigenvalue weighted by Crippen LogP contribution is 2.43. The fraction of sp³-hybridized carbons (Fsp3) is 0.492. The van der Waals surface area contributed by atoms with E-state index >= 15 is 0 Å². The Labute approximate surface area is 474 Å². The number of anilines is 2. The molecule has 0 spiro atoms. The summed E-state index contributed by atoms with van der Waals surface area (Å²) in [6, 6.07) is 21.3. The maximum Gasteiger partial charge on any atom is 0.254 e. The molecule has 430 valence electrons. The van der Waals surface area contributed by atoms with Crippen LogP contribution in [0.5, 0.6) is 5.75 Å². The molecule has 1 saturated heterocycles. The van der Waals surface area contributed by atoms with Gasteiger partial charge in [-0.3, -0.25) is 28.8 Å². The summed E-state index contributed by atoms with van der Waals surface area (Å²) < 4.78 is 34.1. The van der Waals surface area contributed by atoms with Crippen LogP contribution in [0.3, 0.4) is 0 Å². The van der Waals surface area contributed by atoms with E-state index in [1.807, 2.05) is 37.3 Å². The third kappa shape index (κ3) is 13.7. The third-order valence-electron chi connectivity index (χ3n) is 16.2. The Balaban J connectivity index is 0.748. The van der Waals surface area contributed by atoms with E-state index < -0.39 is 11.9 Å². The average molecular weight is 1110 g/mol. The van der Waals surface area contributed by atoms with Crippen LogP contribution in [0.4, 0.5) is 15.9 Å². The lowest BCUT2D eigenvalue weighted by atomic mass is 9.84. The Morgan fingerprint density at radius 2 is 1.73 bits per heavy atom. The molecule has 2 bridgehead atoms. The average Bonchev–Trinajstić information content (AvgIpc) is 4.14. The van der Waals surface area contributed by atoms with Crippen molar-refractivity contribution in [2.24, 2.45) is 5.41 Å². The monoisotopic (exact) mass is 1110 g/mol. The standard InChI is InChI=1S/C61H77FN12O7/c1-38(65-5)58(76)69-54(61(2,3)4)37-72-35-42-29-44(18-16-40(42)30-52(72)59(77)68-48-14-9-12-39-11-7-8-13-45(39)48)81-28-27-80-26-25-79-24-20-55(75)66-21-23-74-53-36-71(6)60(78)46-19-17-43(62)32-47(46)50-15-10-22-73(50)51-31-41(34-67-57(51)64)56(53)49(33-63)70-74/h7-8,11,13,16-19,29,31-32,34,38,48,50,52,54,65H,9-10,12,14-15,20-28,30,35-37H2,1-6H3,(H2,64,67)(H,66,75)(H,68,77)(H,69,76)/t38-,48+,50+,52-,54+/m0/s1. The molecule has 5 aromatic rings. The van der Waals surface area contributed by atoms with Gasteiger partial charge in [0.15, 0.2) is 5.69 Å². The van der Waals surface area contributed by atoms with Gasteiger partial charge in [0, 0.05) is 68.6 Å². The first-order chi connectivity index (χ1) is 39.0. The first-order valence-electron chi connectivity index (χ1n) is 28.3. The SMILES string of the molecule is CN[C@@H](C)C(=O)N[C@H](CN1Cc2cc(OCCOCCOCCC(=O)NCCn3nc(C#N)c4c3CN(C)C(=O)c3ccc(F)cc3[C@H]3CCCN3c3cc-4cnc3N)ccc2C[C@H]1C(=O)N[C@@H]1CCCc2ccccc21)C(C)(C)C. The van der Waals surface area contributed by atoms with Crippen LogP contribution in [0.25, 0.3) is 11.1 Å². The number of pyridine rings is 1. The highest BCUT2D eigenvalue weighted by Gasteiger charge is 2.39. The number of hydrogen-bond donors (Lipinski definition) is 5. The van der Waals surface area contributed by atoms with Gasteiger partial charge < -0.3 is 51.0 Å². The number of nitrogen functional groups attached to an aromatic ring is 1.